The average Bonchev–Trinajstić information content (AvgIpc) is 3.40. The van der Waals surface area contributed by atoms with Gasteiger partial charge in [-0.2, -0.15) is 4.31 Å². The van der Waals surface area contributed by atoms with Gasteiger partial charge in [0, 0.05) is 25.0 Å². The normalized spacial score (nSPS) is 19.9. The first-order valence-corrected chi connectivity index (χ1v) is 9.98. The van der Waals surface area contributed by atoms with Crippen molar-refractivity contribution in [1.82, 2.24) is 9.62 Å². The second kappa shape index (κ2) is 7.11. The number of hydrogen-bond donors (Lipinski definition) is 1. The number of piperidine rings is 1. The van der Waals surface area contributed by atoms with Gasteiger partial charge in [-0.05, 0) is 56.9 Å². The monoisotopic (exact) mass is 352 g/mol. The van der Waals surface area contributed by atoms with Gasteiger partial charge in [0.1, 0.15) is 5.75 Å². The highest BCUT2D eigenvalue weighted by Crippen LogP contribution is 2.26. The van der Waals surface area contributed by atoms with Crippen LogP contribution in [0.2, 0.25) is 0 Å². The molecular weight excluding hydrogens is 328 g/mol. The molecule has 0 radical (unpaired) electrons. The maximum atomic E-state index is 12.7. The first-order valence-electron chi connectivity index (χ1n) is 8.54. The number of carbonyl (C=O) groups is 1. The van der Waals surface area contributed by atoms with E-state index in [1.54, 1.807) is 24.3 Å². The molecule has 6 nitrogen and oxygen atoms in total. The molecule has 1 saturated heterocycles. The summed E-state index contributed by atoms with van der Waals surface area (Å²) < 4.78 is 32.2. The molecule has 1 amide bonds. The summed E-state index contributed by atoms with van der Waals surface area (Å²) >= 11 is 0. The molecular formula is C17H24N2O4S. The fourth-order valence-electron chi connectivity index (χ4n) is 2.93. The first-order chi connectivity index (χ1) is 11.5. The van der Waals surface area contributed by atoms with Crippen molar-refractivity contribution in [3.63, 3.8) is 0 Å². The zero-order chi connectivity index (χ0) is 17.2. The Morgan fingerprint density at radius 2 is 1.79 bits per heavy atom. The lowest BCUT2D eigenvalue weighted by Crippen LogP contribution is -2.43. The Kier molecular flexibility index (Phi) is 5.10. The van der Waals surface area contributed by atoms with E-state index in [1.165, 1.54) is 4.31 Å². The molecule has 24 heavy (non-hydrogen) atoms. The number of nitrogens with one attached hydrogen (secondary N) is 1. The number of sulfonamides is 1. The van der Waals surface area contributed by atoms with Crippen molar-refractivity contribution in [2.45, 2.75) is 43.5 Å². The minimum absolute atomic E-state index is 0.0719. The van der Waals surface area contributed by atoms with Crippen LogP contribution in [0.5, 0.6) is 5.75 Å². The predicted molar refractivity (Wildman–Crippen MR) is 90.3 cm³/mol. The van der Waals surface area contributed by atoms with Gasteiger partial charge in [0.05, 0.1) is 11.5 Å². The molecule has 0 bridgehead atoms. The highest BCUT2D eigenvalue weighted by atomic mass is 32.2. The van der Waals surface area contributed by atoms with E-state index in [-0.39, 0.29) is 16.7 Å². The fraction of sp³-hybridized carbons (Fsp3) is 0.588. The summed E-state index contributed by atoms with van der Waals surface area (Å²) in [5.41, 5.74) is 0. The highest BCUT2D eigenvalue weighted by Gasteiger charge is 2.33. The highest BCUT2D eigenvalue weighted by molar-refractivity contribution is 7.89. The fourth-order valence-corrected chi connectivity index (χ4v) is 4.40. The maximum absolute atomic E-state index is 12.7. The third-order valence-electron chi connectivity index (χ3n) is 4.52. The van der Waals surface area contributed by atoms with Crippen LogP contribution >= 0.6 is 0 Å². The lowest BCUT2D eigenvalue weighted by molar-refractivity contribution is -0.126. The van der Waals surface area contributed by atoms with Crippen LogP contribution in [0.15, 0.2) is 29.2 Å². The van der Waals surface area contributed by atoms with E-state index >= 15 is 0 Å². The Morgan fingerprint density at radius 1 is 1.17 bits per heavy atom. The van der Waals surface area contributed by atoms with Crippen LogP contribution in [-0.2, 0) is 14.8 Å². The van der Waals surface area contributed by atoms with Crippen LogP contribution in [0, 0.1) is 5.92 Å². The van der Waals surface area contributed by atoms with Gasteiger partial charge in [0.15, 0.2) is 0 Å². The smallest absolute Gasteiger partial charge is 0.243 e. The van der Waals surface area contributed by atoms with E-state index in [0.717, 1.165) is 12.8 Å². The van der Waals surface area contributed by atoms with Crippen LogP contribution in [-0.4, -0.2) is 44.4 Å². The second-order valence-electron chi connectivity index (χ2n) is 6.37. The molecule has 1 aromatic rings. The molecule has 132 valence electrons. The van der Waals surface area contributed by atoms with Crippen molar-refractivity contribution >= 4 is 15.9 Å². The molecule has 2 aliphatic rings. The van der Waals surface area contributed by atoms with Gasteiger partial charge >= 0.3 is 0 Å². The van der Waals surface area contributed by atoms with Crippen molar-refractivity contribution in [2.24, 2.45) is 5.92 Å². The van der Waals surface area contributed by atoms with E-state index in [0.29, 0.717) is 44.3 Å². The van der Waals surface area contributed by atoms with Crippen molar-refractivity contribution in [2.75, 3.05) is 19.7 Å². The number of amides is 1. The summed E-state index contributed by atoms with van der Waals surface area (Å²) in [5.74, 6) is 0.667. The minimum Gasteiger partial charge on any atom is -0.494 e. The summed E-state index contributed by atoms with van der Waals surface area (Å²) in [6, 6.07) is 6.85. The van der Waals surface area contributed by atoms with Gasteiger partial charge in [0.25, 0.3) is 0 Å². The molecule has 1 saturated carbocycles. The zero-order valence-electron chi connectivity index (χ0n) is 13.9. The molecule has 0 atom stereocenters. The quantitative estimate of drug-likeness (QED) is 0.846. The Labute approximate surface area is 143 Å². The third kappa shape index (κ3) is 3.89. The molecule has 1 aliphatic heterocycles. The Morgan fingerprint density at radius 3 is 2.33 bits per heavy atom. The number of rotatable bonds is 6. The summed E-state index contributed by atoms with van der Waals surface area (Å²) in [6.45, 7) is 3.20. The van der Waals surface area contributed by atoms with Gasteiger partial charge < -0.3 is 10.1 Å². The number of ether oxygens (including phenoxy) is 1. The van der Waals surface area contributed by atoms with E-state index in [4.69, 9.17) is 4.74 Å². The number of benzene rings is 1. The Bertz CT molecular complexity index is 675. The van der Waals surface area contributed by atoms with Gasteiger partial charge in [-0.1, -0.05) is 0 Å². The maximum Gasteiger partial charge on any atom is 0.243 e. The lowest BCUT2D eigenvalue weighted by Gasteiger charge is -2.30. The van der Waals surface area contributed by atoms with Crippen LogP contribution in [0.25, 0.3) is 0 Å². The largest absolute Gasteiger partial charge is 0.494 e. The van der Waals surface area contributed by atoms with Crippen LogP contribution in [0.3, 0.4) is 0 Å². The molecule has 1 aliphatic carbocycles. The average molecular weight is 352 g/mol. The second-order valence-corrected chi connectivity index (χ2v) is 8.30. The summed E-state index contributed by atoms with van der Waals surface area (Å²) in [6.07, 6.45) is 3.29. The van der Waals surface area contributed by atoms with Gasteiger partial charge in [-0.3, -0.25) is 4.79 Å². The lowest BCUT2D eigenvalue weighted by atomic mass is 9.97. The molecule has 3 rings (SSSR count). The molecule has 0 aromatic heterocycles. The SMILES string of the molecule is CCOc1ccc(S(=O)(=O)N2CCC(C(=O)NC3CC3)CC2)cc1. The number of carbonyl (C=O) groups excluding carboxylic acids is 1. The Hall–Kier alpha value is -1.60. The number of nitrogens with zero attached hydrogens (tertiary/aromatic N) is 1. The van der Waals surface area contributed by atoms with Crippen LogP contribution in [0.4, 0.5) is 0 Å². The summed E-state index contributed by atoms with van der Waals surface area (Å²) in [4.78, 5) is 12.4. The predicted octanol–water partition coefficient (Wildman–Crippen LogP) is 1.76. The van der Waals surface area contributed by atoms with Crippen molar-refractivity contribution < 1.29 is 17.9 Å². The van der Waals surface area contributed by atoms with Crippen molar-refractivity contribution in [1.29, 1.82) is 0 Å². The van der Waals surface area contributed by atoms with Gasteiger partial charge in [0.2, 0.25) is 15.9 Å². The molecule has 1 heterocycles. The molecule has 1 aromatic carbocycles. The standard InChI is InChI=1S/C17H24N2O4S/c1-2-23-15-5-7-16(8-6-15)24(21,22)19-11-9-13(10-12-19)17(20)18-14-3-4-14/h5-8,13-14H,2-4,9-12H2,1H3,(H,18,20). The van der Waals surface area contributed by atoms with E-state index in [9.17, 15) is 13.2 Å². The van der Waals surface area contributed by atoms with E-state index in [1.807, 2.05) is 6.92 Å². The first kappa shape index (κ1) is 17.2. The molecule has 0 unspecified atom stereocenters. The van der Waals surface area contributed by atoms with Crippen LogP contribution < -0.4 is 10.1 Å². The van der Waals surface area contributed by atoms with Gasteiger partial charge in [-0.25, -0.2) is 8.42 Å². The summed E-state index contributed by atoms with van der Waals surface area (Å²) in [5, 5.41) is 3.01. The van der Waals surface area contributed by atoms with Gasteiger partial charge in [-0.15, -0.1) is 0 Å². The van der Waals surface area contributed by atoms with E-state index < -0.39 is 10.0 Å². The van der Waals surface area contributed by atoms with Crippen molar-refractivity contribution in [3.05, 3.63) is 24.3 Å². The molecule has 2 fully saturated rings. The van der Waals surface area contributed by atoms with E-state index in [2.05, 4.69) is 5.32 Å². The van der Waals surface area contributed by atoms with Crippen LogP contribution in [0.1, 0.15) is 32.6 Å². The minimum atomic E-state index is -3.51. The number of hydrogen-bond acceptors (Lipinski definition) is 4. The zero-order valence-corrected chi connectivity index (χ0v) is 14.7. The van der Waals surface area contributed by atoms with Crippen molar-refractivity contribution in [3.8, 4) is 5.75 Å². The topological polar surface area (TPSA) is 75.7 Å². The molecule has 1 N–H and O–H groups in total. The molecule has 0 spiro atoms. The molecule has 7 heteroatoms. The Balaban J connectivity index is 1.60. The summed E-state index contributed by atoms with van der Waals surface area (Å²) in [7, 11) is -3.51. The third-order valence-corrected chi connectivity index (χ3v) is 6.43.